The number of nitro groups is 1. The zero-order valence-corrected chi connectivity index (χ0v) is 15.0. The van der Waals surface area contributed by atoms with Gasteiger partial charge in [0.25, 0.3) is 5.69 Å². The lowest BCUT2D eigenvalue weighted by molar-refractivity contribution is -0.384. The highest BCUT2D eigenvalue weighted by Gasteiger charge is 2.22. The SMILES string of the molecule is O=[N+]([O-])c1ccc(O)c(-c2nc3cccnc3n2-c2ccc3c(c2)OCCO3)c1. The van der Waals surface area contributed by atoms with Crippen LogP contribution >= 0.6 is 0 Å². The summed E-state index contributed by atoms with van der Waals surface area (Å²) in [5.74, 6) is 1.43. The molecule has 1 aliphatic heterocycles. The van der Waals surface area contributed by atoms with Crippen molar-refractivity contribution in [3.05, 3.63) is 64.8 Å². The molecule has 4 aromatic rings. The summed E-state index contributed by atoms with van der Waals surface area (Å²) in [5.41, 5.74) is 1.89. The Morgan fingerprint density at radius 3 is 2.72 bits per heavy atom. The third-order valence-electron chi connectivity index (χ3n) is 4.63. The second-order valence-corrected chi connectivity index (χ2v) is 6.40. The molecule has 0 aliphatic carbocycles. The molecular formula is C20H14N4O5. The summed E-state index contributed by atoms with van der Waals surface area (Å²) < 4.78 is 13.0. The van der Waals surface area contributed by atoms with Gasteiger partial charge in [-0.05, 0) is 30.3 Å². The maximum atomic E-state index is 11.2. The number of pyridine rings is 1. The Morgan fingerprint density at radius 1 is 1.07 bits per heavy atom. The summed E-state index contributed by atoms with van der Waals surface area (Å²) in [6.45, 7) is 0.923. The van der Waals surface area contributed by atoms with Gasteiger partial charge in [-0.2, -0.15) is 0 Å². The largest absolute Gasteiger partial charge is 0.507 e. The van der Waals surface area contributed by atoms with Crippen LogP contribution in [0.1, 0.15) is 0 Å². The fourth-order valence-electron chi connectivity index (χ4n) is 3.33. The van der Waals surface area contributed by atoms with Crippen LogP contribution in [-0.4, -0.2) is 37.8 Å². The van der Waals surface area contributed by atoms with Gasteiger partial charge in [-0.3, -0.25) is 14.7 Å². The van der Waals surface area contributed by atoms with Crippen molar-refractivity contribution in [3.63, 3.8) is 0 Å². The normalized spacial score (nSPS) is 12.8. The summed E-state index contributed by atoms with van der Waals surface area (Å²) in [5, 5.41) is 21.7. The van der Waals surface area contributed by atoms with Crippen LogP contribution in [-0.2, 0) is 0 Å². The number of aromatic nitrogens is 3. The van der Waals surface area contributed by atoms with Crippen LogP contribution in [0.5, 0.6) is 17.2 Å². The molecule has 2 aromatic heterocycles. The topological polar surface area (TPSA) is 113 Å². The Labute approximate surface area is 163 Å². The number of non-ortho nitro benzene ring substituents is 1. The van der Waals surface area contributed by atoms with Crippen molar-refractivity contribution in [2.45, 2.75) is 0 Å². The molecular weight excluding hydrogens is 376 g/mol. The van der Waals surface area contributed by atoms with Crippen LogP contribution in [0.2, 0.25) is 0 Å². The Morgan fingerprint density at radius 2 is 1.90 bits per heavy atom. The number of rotatable bonds is 3. The maximum Gasteiger partial charge on any atom is 0.270 e. The fourth-order valence-corrected chi connectivity index (χ4v) is 3.33. The van der Waals surface area contributed by atoms with E-state index in [1.165, 1.54) is 18.2 Å². The maximum absolute atomic E-state index is 11.2. The molecule has 0 spiro atoms. The van der Waals surface area contributed by atoms with E-state index in [0.717, 1.165) is 0 Å². The minimum Gasteiger partial charge on any atom is -0.507 e. The minimum absolute atomic E-state index is 0.121. The Kier molecular flexibility index (Phi) is 3.80. The van der Waals surface area contributed by atoms with Gasteiger partial charge in [0, 0.05) is 24.4 Å². The molecule has 1 aliphatic rings. The molecule has 9 nitrogen and oxygen atoms in total. The zero-order chi connectivity index (χ0) is 20.0. The standard InChI is InChI=1S/C20H14N4O5/c25-16-5-3-13(24(26)27)10-14(16)19-22-15-2-1-7-21-20(15)23(19)12-4-6-17-18(11-12)29-9-8-28-17/h1-7,10-11,25H,8-9H2. The summed E-state index contributed by atoms with van der Waals surface area (Å²) >= 11 is 0. The summed E-state index contributed by atoms with van der Waals surface area (Å²) in [7, 11) is 0. The lowest BCUT2D eigenvalue weighted by Crippen LogP contribution is -2.15. The van der Waals surface area contributed by atoms with Gasteiger partial charge in [0.2, 0.25) is 0 Å². The number of aromatic hydroxyl groups is 1. The van der Waals surface area contributed by atoms with Crippen LogP contribution in [0.15, 0.2) is 54.7 Å². The number of phenols is 1. The Bertz CT molecular complexity index is 1270. The number of benzene rings is 2. The molecule has 0 bridgehead atoms. The molecule has 0 amide bonds. The average molecular weight is 390 g/mol. The quantitative estimate of drug-likeness (QED) is 0.421. The van der Waals surface area contributed by atoms with E-state index in [1.54, 1.807) is 35.0 Å². The van der Waals surface area contributed by atoms with Crippen LogP contribution in [0.4, 0.5) is 5.69 Å². The van der Waals surface area contributed by atoms with Crippen molar-refractivity contribution in [1.82, 2.24) is 14.5 Å². The number of hydrogen-bond donors (Lipinski definition) is 1. The molecule has 0 saturated carbocycles. The third kappa shape index (κ3) is 2.80. The molecule has 0 fully saturated rings. The first-order valence-corrected chi connectivity index (χ1v) is 8.83. The highest BCUT2D eigenvalue weighted by atomic mass is 16.6. The molecule has 0 unspecified atom stereocenters. The molecule has 5 rings (SSSR count). The van der Waals surface area contributed by atoms with Crippen molar-refractivity contribution in [2.24, 2.45) is 0 Å². The predicted octanol–water partition coefficient (Wildman–Crippen LogP) is 3.47. The van der Waals surface area contributed by atoms with Gasteiger partial charge in [0.1, 0.15) is 24.5 Å². The van der Waals surface area contributed by atoms with Crippen molar-refractivity contribution < 1.29 is 19.5 Å². The molecule has 0 radical (unpaired) electrons. The van der Waals surface area contributed by atoms with Crippen molar-refractivity contribution >= 4 is 16.9 Å². The molecule has 144 valence electrons. The number of fused-ring (bicyclic) bond motifs is 2. The van der Waals surface area contributed by atoms with E-state index in [2.05, 4.69) is 9.97 Å². The Hall–Kier alpha value is -4.14. The van der Waals surface area contributed by atoms with Crippen LogP contribution < -0.4 is 9.47 Å². The second-order valence-electron chi connectivity index (χ2n) is 6.40. The first-order valence-electron chi connectivity index (χ1n) is 8.83. The molecule has 2 aromatic carbocycles. The van der Waals surface area contributed by atoms with E-state index in [4.69, 9.17) is 9.47 Å². The van der Waals surface area contributed by atoms with E-state index in [9.17, 15) is 15.2 Å². The minimum atomic E-state index is -0.516. The van der Waals surface area contributed by atoms with Crippen LogP contribution in [0.25, 0.3) is 28.2 Å². The second kappa shape index (κ2) is 6.48. The van der Waals surface area contributed by atoms with E-state index < -0.39 is 4.92 Å². The van der Waals surface area contributed by atoms with Crippen molar-refractivity contribution in [2.75, 3.05) is 13.2 Å². The molecule has 3 heterocycles. The number of nitro benzene ring substituents is 1. The van der Waals surface area contributed by atoms with Crippen molar-refractivity contribution in [1.29, 1.82) is 0 Å². The van der Waals surface area contributed by atoms with Gasteiger partial charge in [-0.25, -0.2) is 9.97 Å². The number of phenolic OH excluding ortho intramolecular Hbond substituents is 1. The number of hydrogen-bond acceptors (Lipinski definition) is 7. The van der Waals surface area contributed by atoms with E-state index in [1.807, 2.05) is 6.07 Å². The fraction of sp³-hybridized carbons (Fsp3) is 0.100. The lowest BCUT2D eigenvalue weighted by Gasteiger charge is -2.19. The van der Waals surface area contributed by atoms with Gasteiger partial charge >= 0.3 is 0 Å². The van der Waals surface area contributed by atoms with Crippen LogP contribution in [0.3, 0.4) is 0 Å². The van der Waals surface area contributed by atoms with Crippen molar-refractivity contribution in [3.8, 4) is 34.3 Å². The number of nitrogens with zero attached hydrogens (tertiary/aromatic N) is 4. The molecule has 9 heteroatoms. The summed E-state index contributed by atoms with van der Waals surface area (Å²) in [6, 6.07) is 12.8. The van der Waals surface area contributed by atoms with E-state index in [0.29, 0.717) is 47.4 Å². The van der Waals surface area contributed by atoms with Gasteiger partial charge in [-0.15, -0.1) is 0 Å². The predicted molar refractivity (Wildman–Crippen MR) is 104 cm³/mol. The van der Waals surface area contributed by atoms with E-state index >= 15 is 0 Å². The van der Waals surface area contributed by atoms with Crippen LogP contribution in [0, 0.1) is 10.1 Å². The first kappa shape index (κ1) is 17.0. The molecule has 0 saturated heterocycles. The monoisotopic (exact) mass is 390 g/mol. The zero-order valence-electron chi connectivity index (χ0n) is 15.0. The smallest absolute Gasteiger partial charge is 0.270 e. The van der Waals surface area contributed by atoms with Gasteiger partial charge in [0.15, 0.2) is 23.0 Å². The summed E-state index contributed by atoms with van der Waals surface area (Å²) in [6.07, 6.45) is 1.63. The van der Waals surface area contributed by atoms with E-state index in [-0.39, 0.29) is 17.0 Å². The van der Waals surface area contributed by atoms with Gasteiger partial charge < -0.3 is 14.6 Å². The van der Waals surface area contributed by atoms with Gasteiger partial charge in [-0.1, -0.05) is 0 Å². The summed E-state index contributed by atoms with van der Waals surface area (Å²) in [4.78, 5) is 19.7. The molecule has 0 atom stereocenters. The lowest BCUT2D eigenvalue weighted by atomic mass is 10.1. The highest BCUT2D eigenvalue weighted by Crippen LogP contribution is 2.38. The number of imidazole rings is 1. The highest BCUT2D eigenvalue weighted by molar-refractivity contribution is 5.82. The number of ether oxygens (including phenoxy) is 2. The van der Waals surface area contributed by atoms with Gasteiger partial charge in [0.05, 0.1) is 16.2 Å². The molecule has 1 N–H and O–H groups in total. The Balaban J connectivity index is 1.78. The third-order valence-corrected chi connectivity index (χ3v) is 4.63. The average Bonchev–Trinajstić information content (AvgIpc) is 3.13. The first-order chi connectivity index (χ1) is 14.1. The molecule has 29 heavy (non-hydrogen) atoms.